The van der Waals surface area contributed by atoms with Crippen LogP contribution in [-0.4, -0.2) is 11.7 Å². The van der Waals surface area contributed by atoms with Crippen molar-refractivity contribution in [1.29, 1.82) is 0 Å². The minimum Gasteiger partial charge on any atom is -0.484 e. The van der Waals surface area contributed by atoms with E-state index in [4.69, 9.17) is 15.6 Å². The molecule has 0 spiro atoms. The van der Waals surface area contributed by atoms with E-state index < -0.39 is 0 Å². The summed E-state index contributed by atoms with van der Waals surface area (Å²) in [4.78, 5) is 0. The van der Waals surface area contributed by atoms with Crippen LogP contribution >= 0.6 is 0 Å². The fourth-order valence-corrected chi connectivity index (χ4v) is 1.87. The van der Waals surface area contributed by atoms with Crippen molar-refractivity contribution in [2.24, 2.45) is 5.73 Å². The fourth-order valence-electron chi connectivity index (χ4n) is 1.87. The highest BCUT2D eigenvalue weighted by atomic mass is 16.5. The average molecular weight is 257 g/mol. The van der Waals surface area contributed by atoms with Gasteiger partial charge in [-0.15, -0.1) is 0 Å². The zero-order chi connectivity index (χ0) is 13.7. The summed E-state index contributed by atoms with van der Waals surface area (Å²) < 4.78 is 5.88. The van der Waals surface area contributed by atoms with E-state index in [9.17, 15) is 0 Å². The summed E-state index contributed by atoms with van der Waals surface area (Å²) in [6.45, 7) is 2.51. The predicted octanol–water partition coefficient (Wildman–Crippen LogP) is 2.57. The second-order valence-electron chi connectivity index (χ2n) is 4.55. The molecule has 3 heteroatoms. The van der Waals surface area contributed by atoms with Gasteiger partial charge < -0.3 is 15.6 Å². The van der Waals surface area contributed by atoms with Gasteiger partial charge in [-0.2, -0.15) is 0 Å². The Morgan fingerprint density at radius 1 is 1.05 bits per heavy atom. The van der Waals surface area contributed by atoms with Crippen LogP contribution in [-0.2, 0) is 6.61 Å². The largest absolute Gasteiger partial charge is 0.484 e. The Hall–Kier alpha value is -1.84. The third kappa shape index (κ3) is 3.56. The van der Waals surface area contributed by atoms with Crippen molar-refractivity contribution >= 4 is 0 Å². The van der Waals surface area contributed by atoms with Crippen LogP contribution in [0.25, 0.3) is 0 Å². The van der Waals surface area contributed by atoms with Crippen LogP contribution in [0.15, 0.2) is 48.5 Å². The molecule has 0 aliphatic carbocycles. The Morgan fingerprint density at radius 2 is 1.68 bits per heavy atom. The van der Waals surface area contributed by atoms with Gasteiger partial charge in [0.1, 0.15) is 11.9 Å². The van der Waals surface area contributed by atoms with Crippen LogP contribution in [0.4, 0.5) is 0 Å². The van der Waals surface area contributed by atoms with E-state index in [1.165, 1.54) is 5.56 Å². The lowest BCUT2D eigenvalue weighted by Crippen LogP contribution is -2.18. The number of rotatable bonds is 5. The molecule has 1 unspecified atom stereocenters. The second kappa shape index (κ2) is 6.36. The number of aliphatic hydroxyl groups excluding tert-OH is 1. The molecule has 0 saturated carbocycles. The zero-order valence-corrected chi connectivity index (χ0v) is 11.0. The molecular weight excluding hydrogens is 238 g/mol. The van der Waals surface area contributed by atoms with Gasteiger partial charge >= 0.3 is 0 Å². The highest BCUT2D eigenvalue weighted by molar-refractivity contribution is 5.29. The molecule has 0 aliphatic heterocycles. The SMILES string of the molecule is Cc1ccc(C(CN)Oc2ccc(CO)cc2)cc1. The van der Waals surface area contributed by atoms with Gasteiger partial charge in [0.15, 0.2) is 0 Å². The number of hydrogen-bond donors (Lipinski definition) is 2. The number of benzene rings is 2. The lowest BCUT2D eigenvalue weighted by atomic mass is 10.1. The molecule has 19 heavy (non-hydrogen) atoms. The number of aliphatic hydroxyl groups is 1. The van der Waals surface area contributed by atoms with Gasteiger partial charge in [-0.1, -0.05) is 42.0 Å². The van der Waals surface area contributed by atoms with Crippen LogP contribution in [0, 0.1) is 6.92 Å². The normalized spacial score (nSPS) is 12.2. The van der Waals surface area contributed by atoms with E-state index in [0.29, 0.717) is 6.54 Å². The highest BCUT2D eigenvalue weighted by Crippen LogP contribution is 2.22. The van der Waals surface area contributed by atoms with Crippen molar-refractivity contribution in [3.05, 3.63) is 65.2 Å². The third-order valence-electron chi connectivity index (χ3n) is 3.05. The van der Waals surface area contributed by atoms with Crippen LogP contribution in [0.5, 0.6) is 5.75 Å². The quantitative estimate of drug-likeness (QED) is 0.865. The molecule has 2 rings (SSSR count). The molecule has 0 amide bonds. The topological polar surface area (TPSA) is 55.5 Å². The number of ether oxygens (including phenoxy) is 1. The summed E-state index contributed by atoms with van der Waals surface area (Å²) in [5.74, 6) is 0.758. The molecule has 0 saturated heterocycles. The first-order valence-corrected chi connectivity index (χ1v) is 6.36. The van der Waals surface area contributed by atoms with Crippen molar-refractivity contribution in [3.8, 4) is 5.75 Å². The van der Waals surface area contributed by atoms with Crippen molar-refractivity contribution < 1.29 is 9.84 Å². The molecule has 100 valence electrons. The molecule has 2 aromatic rings. The third-order valence-corrected chi connectivity index (χ3v) is 3.05. The predicted molar refractivity (Wildman–Crippen MR) is 76.0 cm³/mol. The summed E-state index contributed by atoms with van der Waals surface area (Å²) in [6, 6.07) is 15.6. The molecule has 0 fully saturated rings. The van der Waals surface area contributed by atoms with E-state index in [1.54, 1.807) is 0 Å². The van der Waals surface area contributed by atoms with Crippen molar-refractivity contribution in [1.82, 2.24) is 0 Å². The first kappa shape index (κ1) is 13.6. The maximum Gasteiger partial charge on any atom is 0.136 e. The lowest BCUT2D eigenvalue weighted by Gasteiger charge is -2.18. The van der Waals surface area contributed by atoms with E-state index in [2.05, 4.69) is 19.1 Å². The molecule has 0 heterocycles. The van der Waals surface area contributed by atoms with Crippen LogP contribution in [0.1, 0.15) is 22.8 Å². The monoisotopic (exact) mass is 257 g/mol. The summed E-state index contributed by atoms with van der Waals surface area (Å²) in [5, 5.41) is 9.00. The summed E-state index contributed by atoms with van der Waals surface area (Å²) in [5.41, 5.74) is 8.93. The fraction of sp³-hybridized carbons (Fsp3) is 0.250. The van der Waals surface area contributed by atoms with Crippen molar-refractivity contribution in [2.45, 2.75) is 19.6 Å². The van der Waals surface area contributed by atoms with Gasteiger partial charge in [-0.25, -0.2) is 0 Å². The number of aryl methyl sites for hydroxylation is 1. The Morgan fingerprint density at radius 3 is 2.21 bits per heavy atom. The van der Waals surface area contributed by atoms with E-state index in [-0.39, 0.29) is 12.7 Å². The second-order valence-corrected chi connectivity index (χ2v) is 4.55. The van der Waals surface area contributed by atoms with Gasteiger partial charge in [0.2, 0.25) is 0 Å². The van der Waals surface area contributed by atoms with Gasteiger partial charge in [0.25, 0.3) is 0 Å². The number of nitrogens with two attached hydrogens (primary N) is 1. The Labute approximate surface area is 113 Å². The molecule has 3 N–H and O–H groups in total. The summed E-state index contributed by atoms with van der Waals surface area (Å²) in [6.07, 6.45) is -0.152. The molecule has 3 nitrogen and oxygen atoms in total. The Balaban J connectivity index is 2.11. The van der Waals surface area contributed by atoms with Crippen LogP contribution in [0.3, 0.4) is 0 Å². The minimum absolute atomic E-state index is 0.0402. The van der Waals surface area contributed by atoms with Crippen LogP contribution in [0.2, 0.25) is 0 Å². The molecular formula is C16H19NO2. The minimum atomic E-state index is -0.152. The molecule has 0 radical (unpaired) electrons. The maximum atomic E-state index is 9.00. The average Bonchev–Trinajstić information content (AvgIpc) is 2.46. The Kier molecular flexibility index (Phi) is 4.55. The van der Waals surface area contributed by atoms with E-state index in [1.807, 2.05) is 36.4 Å². The van der Waals surface area contributed by atoms with Gasteiger partial charge in [0.05, 0.1) is 6.61 Å². The summed E-state index contributed by atoms with van der Waals surface area (Å²) >= 11 is 0. The number of hydrogen-bond acceptors (Lipinski definition) is 3. The lowest BCUT2D eigenvalue weighted by molar-refractivity contribution is 0.214. The first-order valence-electron chi connectivity index (χ1n) is 6.36. The molecule has 0 bridgehead atoms. The maximum absolute atomic E-state index is 9.00. The highest BCUT2D eigenvalue weighted by Gasteiger charge is 2.11. The summed E-state index contributed by atoms with van der Waals surface area (Å²) in [7, 11) is 0. The van der Waals surface area contributed by atoms with Gasteiger partial charge in [-0.05, 0) is 30.2 Å². The van der Waals surface area contributed by atoms with Crippen molar-refractivity contribution in [2.75, 3.05) is 6.54 Å². The molecule has 0 aliphatic rings. The molecule has 2 aromatic carbocycles. The first-order chi connectivity index (χ1) is 9.22. The zero-order valence-electron chi connectivity index (χ0n) is 11.0. The van der Waals surface area contributed by atoms with E-state index in [0.717, 1.165) is 16.9 Å². The van der Waals surface area contributed by atoms with Gasteiger partial charge in [-0.3, -0.25) is 0 Å². The Bertz CT molecular complexity index is 505. The molecule has 0 aromatic heterocycles. The van der Waals surface area contributed by atoms with Crippen LogP contribution < -0.4 is 10.5 Å². The molecule has 1 atom stereocenters. The van der Waals surface area contributed by atoms with Gasteiger partial charge in [0, 0.05) is 6.54 Å². The van der Waals surface area contributed by atoms with E-state index >= 15 is 0 Å². The standard InChI is InChI=1S/C16H19NO2/c1-12-2-6-14(7-3-12)16(10-17)19-15-8-4-13(11-18)5-9-15/h2-9,16,18H,10-11,17H2,1H3. The van der Waals surface area contributed by atoms with Crippen molar-refractivity contribution in [3.63, 3.8) is 0 Å². The smallest absolute Gasteiger partial charge is 0.136 e.